The Kier molecular flexibility index (Phi) is 2.54. The molecule has 1 aliphatic carbocycles. The predicted molar refractivity (Wildman–Crippen MR) is 58.5 cm³/mol. The molecule has 0 aromatic heterocycles. The second-order valence-electron chi connectivity index (χ2n) is 3.90. The third-order valence-corrected chi connectivity index (χ3v) is 3.38. The van der Waals surface area contributed by atoms with E-state index in [1.165, 1.54) is 5.56 Å². The monoisotopic (exact) mass is 226 g/mol. The Morgan fingerprint density at radius 3 is 2.87 bits per heavy atom. The van der Waals surface area contributed by atoms with Crippen molar-refractivity contribution in [1.82, 2.24) is 4.72 Å². The van der Waals surface area contributed by atoms with Crippen LogP contribution >= 0.6 is 0 Å². The molecule has 0 saturated heterocycles. The molecule has 4 nitrogen and oxygen atoms in total. The molecule has 1 atom stereocenters. The number of nitrogens with one attached hydrogen (secondary N) is 1. The molecule has 0 bridgehead atoms. The van der Waals surface area contributed by atoms with Gasteiger partial charge in [0.2, 0.25) is 0 Å². The van der Waals surface area contributed by atoms with E-state index in [0.29, 0.717) is 0 Å². The Morgan fingerprint density at radius 1 is 1.47 bits per heavy atom. The van der Waals surface area contributed by atoms with Gasteiger partial charge in [0.05, 0.1) is 0 Å². The normalized spacial score (nSPS) is 20.3. The van der Waals surface area contributed by atoms with Crippen molar-refractivity contribution in [2.75, 3.05) is 0 Å². The third-order valence-electron chi connectivity index (χ3n) is 2.77. The van der Waals surface area contributed by atoms with Crippen LogP contribution in [0.25, 0.3) is 0 Å². The molecule has 0 radical (unpaired) electrons. The first-order valence-electron chi connectivity index (χ1n) is 4.86. The summed E-state index contributed by atoms with van der Waals surface area (Å²) in [6, 6.07) is 5.86. The first-order valence-corrected chi connectivity index (χ1v) is 6.40. The maximum absolute atomic E-state index is 11.0. The number of hydrogen-bond donors (Lipinski definition) is 2. The lowest BCUT2D eigenvalue weighted by Gasteiger charge is -2.14. The fourth-order valence-corrected chi connectivity index (χ4v) is 2.85. The molecule has 0 unspecified atom stereocenters. The summed E-state index contributed by atoms with van der Waals surface area (Å²) in [5.74, 6) is 0. The summed E-state index contributed by atoms with van der Waals surface area (Å²) in [5, 5.41) is 4.98. The predicted octanol–water partition coefficient (Wildman–Crippen LogP) is 0.775. The van der Waals surface area contributed by atoms with Crippen LogP contribution in [0, 0.1) is 6.92 Å². The minimum atomic E-state index is -3.62. The van der Waals surface area contributed by atoms with E-state index in [4.69, 9.17) is 5.14 Å². The van der Waals surface area contributed by atoms with Gasteiger partial charge in [-0.05, 0) is 36.5 Å². The molecule has 0 spiro atoms. The highest BCUT2D eigenvalue weighted by molar-refractivity contribution is 7.87. The van der Waals surface area contributed by atoms with Crippen LogP contribution in [0.15, 0.2) is 18.2 Å². The topological polar surface area (TPSA) is 72.2 Å². The molecule has 2 rings (SSSR count). The first-order chi connectivity index (χ1) is 6.97. The summed E-state index contributed by atoms with van der Waals surface area (Å²) < 4.78 is 24.4. The Hall–Kier alpha value is -0.910. The molecule has 0 aliphatic heterocycles. The number of nitrogens with two attached hydrogens (primary N) is 1. The zero-order valence-corrected chi connectivity index (χ0v) is 9.34. The highest BCUT2D eigenvalue weighted by Crippen LogP contribution is 2.33. The van der Waals surface area contributed by atoms with Crippen molar-refractivity contribution in [3.05, 3.63) is 34.9 Å². The molecule has 0 amide bonds. The highest BCUT2D eigenvalue weighted by atomic mass is 32.2. The number of hydrogen-bond acceptors (Lipinski definition) is 2. The number of rotatable bonds is 2. The zero-order valence-electron chi connectivity index (χ0n) is 8.53. The van der Waals surface area contributed by atoms with Gasteiger partial charge < -0.3 is 0 Å². The zero-order chi connectivity index (χ0) is 11.1. The molecule has 1 aromatic carbocycles. The van der Waals surface area contributed by atoms with E-state index in [1.807, 2.05) is 25.1 Å². The second-order valence-corrected chi connectivity index (χ2v) is 5.23. The van der Waals surface area contributed by atoms with Crippen LogP contribution in [0.4, 0.5) is 0 Å². The molecular weight excluding hydrogens is 212 g/mol. The molecule has 1 aliphatic rings. The van der Waals surface area contributed by atoms with Crippen LogP contribution in [0.5, 0.6) is 0 Å². The standard InChI is InChI=1S/C10H14N2O2S/c1-7-3-2-4-8-5-6-9(10(7)8)12-15(11,13)14/h2-4,9,12H,5-6H2,1H3,(H2,11,13,14)/t9-/m0/s1. The lowest BCUT2D eigenvalue weighted by Crippen LogP contribution is -2.33. The lowest BCUT2D eigenvalue weighted by atomic mass is 10.0. The van der Waals surface area contributed by atoms with Crippen molar-refractivity contribution in [3.63, 3.8) is 0 Å². The maximum Gasteiger partial charge on any atom is 0.274 e. The van der Waals surface area contributed by atoms with Crippen LogP contribution in [-0.2, 0) is 16.6 Å². The number of fused-ring (bicyclic) bond motifs is 1. The Balaban J connectivity index is 2.36. The fourth-order valence-electron chi connectivity index (χ4n) is 2.22. The minimum Gasteiger partial charge on any atom is -0.216 e. The van der Waals surface area contributed by atoms with Gasteiger partial charge in [0.1, 0.15) is 0 Å². The van der Waals surface area contributed by atoms with Gasteiger partial charge in [0, 0.05) is 6.04 Å². The van der Waals surface area contributed by atoms with Crippen LogP contribution in [0.3, 0.4) is 0 Å². The molecule has 1 aromatic rings. The Bertz CT molecular complexity index is 482. The Labute approximate surface area is 89.7 Å². The molecule has 82 valence electrons. The molecule has 0 heterocycles. The van der Waals surface area contributed by atoms with Gasteiger partial charge in [-0.3, -0.25) is 0 Å². The van der Waals surface area contributed by atoms with E-state index in [2.05, 4.69) is 4.72 Å². The van der Waals surface area contributed by atoms with Crippen LogP contribution in [-0.4, -0.2) is 8.42 Å². The summed E-state index contributed by atoms with van der Waals surface area (Å²) >= 11 is 0. The summed E-state index contributed by atoms with van der Waals surface area (Å²) in [5.41, 5.74) is 3.42. The maximum atomic E-state index is 11.0. The van der Waals surface area contributed by atoms with E-state index in [0.717, 1.165) is 24.0 Å². The summed E-state index contributed by atoms with van der Waals surface area (Å²) in [4.78, 5) is 0. The third kappa shape index (κ3) is 2.19. The van der Waals surface area contributed by atoms with Crippen molar-refractivity contribution < 1.29 is 8.42 Å². The van der Waals surface area contributed by atoms with E-state index in [9.17, 15) is 8.42 Å². The van der Waals surface area contributed by atoms with Gasteiger partial charge in [-0.1, -0.05) is 18.2 Å². The number of aryl methyl sites for hydroxylation is 2. The molecule has 0 saturated carbocycles. The lowest BCUT2D eigenvalue weighted by molar-refractivity contribution is 0.555. The molecule has 5 heteroatoms. The van der Waals surface area contributed by atoms with Crippen molar-refractivity contribution in [2.45, 2.75) is 25.8 Å². The fraction of sp³-hybridized carbons (Fsp3) is 0.400. The van der Waals surface area contributed by atoms with E-state index in [-0.39, 0.29) is 6.04 Å². The smallest absolute Gasteiger partial charge is 0.216 e. The summed E-state index contributed by atoms with van der Waals surface area (Å²) in [6.45, 7) is 1.99. The highest BCUT2D eigenvalue weighted by Gasteiger charge is 2.26. The van der Waals surface area contributed by atoms with Crippen LogP contribution in [0.1, 0.15) is 29.2 Å². The van der Waals surface area contributed by atoms with Gasteiger partial charge in [0.15, 0.2) is 0 Å². The second kappa shape index (κ2) is 3.59. The number of benzene rings is 1. The largest absolute Gasteiger partial charge is 0.274 e. The van der Waals surface area contributed by atoms with Crippen molar-refractivity contribution >= 4 is 10.2 Å². The van der Waals surface area contributed by atoms with E-state index >= 15 is 0 Å². The molecule has 0 fully saturated rings. The van der Waals surface area contributed by atoms with Crippen LogP contribution < -0.4 is 9.86 Å². The van der Waals surface area contributed by atoms with Gasteiger partial charge >= 0.3 is 0 Å². The van der Waals surface area contributed by atoms with E-state index < -0.39 is 10.2 Å². The van der Waals surface area contributed by atoms with Crippen molar-refractivity contribution in [1.29, 1.82) is 0 Å². The van der Waals surface area contributed by atoms with Gasteiger partial charge in [-0.2, -0.15) is 13.1 Å². The molecule has 3 N–H and O–H groups in total. The van der Waals surface area contributed by atoms with Crippen LogP contribution in [0.2, 0.25) is 0 Å². The van der Waals surface area contributed by atoms with Gasteiger partial charge in [0.25, 0.3) is 10.2 Å². The first kappa shape index (κ1) is 10.6. The van der Waals surface area contributed by atoms with Gasteiger partial charge in [-0.25, -0.2) is 5.14 Å². The van der Waals surface area contributed by atoms with Gasteiger partial charge in [-0.15, -0.1) is 0 Å². The summed E-state index contributed by atoms with van der Waals surface area (Å²) in [6.07, 6.45) is 1.70. The van der Waals surface area contributed by atoms with Crippen molar-refractivity contribution in [3.8, 4) is 0 Å². The SMILES string of the molecule is Cc1cccc2c1[C@@H](NS(N)(=O)=O)CC2. The van der Waals surface area contributed by atoms with E-state index in [1.54, 1.807) is 0 Å². The average molecular weight is 226 g/mol. The molecule has 15 heavy (non-hydrogen) atoms. The summed E-state index contributed by atoms with van der Waals surface area (Å²) in [7, 11) is -3.62. The quantitative estimate of drug-likeness (QED) is 0.782. The molecular formula is C10H14N2O2S. The average Bonchev–Trinajstić information content (AvgIpc) is 2.47. The Morgan fingerprint density at radius 2 is 2.20 bits per heavy atom. The minimum absolute atomic E-state index is 0.156. The van der Waals surface area contributed by atoms with Crippen molar-refractivity contribution in [2.24, 2.45) is 5.14 Å².